The van der Waals surface area contributed by atoms with Gasteiger partial charge < -0.3 is 15.0 Å². The lowest BCUT2D eigenvalue weighted by Crippen LogP contribution is -2.60. The summed E-state index contributed by atoms with van der Waals surface area (Å²) in [6.45, 7) is 8.37. The molecular weight excluding hydrogens is 405 g/mol. The average Bonchev–Trinajstić information content (AvgIpc) is 2.79. The van der Waals surface area contributed by atoms with Gasteiger partial charge in [0.25, 0.3) is 0 Å². The first-order valence-electron chi connectivity index (χ1n) is 11.6. The summed E-state index contributed by atoms with van der Waals surface area (Å²) in [4.78, 5) is 18.0. The number of nitrogens with one attached hydrogen (secondary N) is 1. The summed E-state index contributed by atoms with van der Waals surface area (Å²) in [6, 6.07) is 13.0. The number of benzene rings is 2. The van der Waals surface area contributed by atoms with Crippen molar-refractivity contribution in [1.82, 2.24) is 10.2 Å². The highest BCUT2D eigenvalue weighted by atomic mass is 19.1. The van der Waals surface area contributed by atoms with Gasteiger partial charge in [-0.3, -0.25) is 9.69 Å². The third-order valence-electron chi connectivity index (χ3n) is 6.69. The maximum absolute atomic E-state index is 13.3. The third kappa shape index (κ3) is 5.07. The fraction of sp³-hybridized carbons (Fsp3) is 0.500. The summed E-state index contributed by atoms with van der Waals surface area (Å²) in [6.07, 6.45) is 1.72. The number of amides is 1. The number of piperazine rings is 1. The van der Waals surface area contributed by atoms with Gasteiger partial charge in [0.15, 0.2) is 0 Å². The van der Waals surface area contributed by atoms with Crippen LogP contribution in [0.2, 0.25) is 0 Å². The molecule has 2 aromatic carbocycles. The molecule has 2 aromatic rings. The second-order valence-corrected chi connectivity index (χ2v) is 9.40. The Kier molecular flexibility index (Phi) is 6.99. The Morgan fingerprint density at radius 2 is 1.97 bits per heavy atom. The molecule has 2 heterocycles. The zero-order chi connectivity index (χ0) is 22.7. The molecule has 2 aliphatic heterocycles. The summed E-state index contributed by atoms with van der Waals surface area (Å²) in [5, 5.41) is 3.19. The van der Waals surface area contributed by atoms with Gasteiger partial charge in [-0.05, 0) is 48.1 Å². The Balaban J connectivity index is 1.55. The van der Waals surface area contributed by atoms with Crippen LogP contribution in [0, 0.1) is 17.7 Å². The fourth-order valence-electron chi connectivity index (χ4n) is 4.87. The van der Waals surface area contributed by atoms with Crippen LogP contribution in [0.4, 0.5) is 10.1 Å². The van der Waals surface area contributed by atoms with E-state index >= 15 is 0 Å². The van der Waals surface area contributed by atoms with E-state index in [1.165, 1.54) is 23.4 Å². The molecule has 0 radical (unpaired) electrons. The number of rotatable bonds is 7. The van der Waals surface area contributed by atoms with E-state index in [-0.39, 0.29) is 23.7 Å². The van der Waals surface area contributed by atoms with E-state index in [2.05, 4.69) is 41.1 Å². The first kappa shape index (κ1) is 22.6. The first-order valence-corrected chi connectivity index (χ1v) is 11.6. The smallest absolute Gasteiger partial charge is 0.225 e. The lowest BCUT2D eigenvalue weighted by atomic mass is 9.83. The van der Waals surface area contributed by atoms with Crippen molar-refractivity contribution in [3.8, 4) is 5.75 Å². The van der Waals surface area contributed by atoms with E-state index in [1.807, 2.05) is 18.2 Å². The van der Waals surface area contributed by atoms with Crippen molar-refractivity contribution >= 4 is 11.6 Å². The maximum Gasteiger partial charge on any atom is 0.225 e. The van der Waals surface area contributed by atoms with Crippen molar-refractivity contribution in [2.75, 3.05) is 38.2 Å². The Labute approximate surface area is 190 Å². The fourth-order valence-corrected chi connectivity index (χ4v) is 4.87. The molecular formula is C26H34FN3O2. The quantitative estimate of drug-likeness (QED) is 0.712. The summed E-state index contributed by atoms with van der Waals surface area (Å²) < 4.78 is 18.8. The topological polar surface area (TPSA) is 44.8 Å². The maximum atomic E-state index is 13.3. The minimum atomic E-state index is -0.213. The zero-order valence-electron chi connectivity index (χ0n) is 19.3. The molecule has 5 nitrogen and oxygen atoms in total. The number of anilines is 1. The number of ether oxygens (including phenoxy) is 1. The molecule has 4 rings (SSSR count). The van der Waals surface area contributed by atoms with Gasteiger partial charge in [0.1, 0.15) is 11.6 Å². The molecule has 1 fully saturated rings. The van der Waals surface area contributed by atoms with Crippen LogP contribution >= 0.6 is 0 Å². The molecule has 0 aliphatic carbocycles. The summed E-state index contributed by atoms with van der Waals surface area (Å²) in [7, 11) is 1.69. The van der Waals surface area contributed by atoms with Crippen molar-refractivity contribution in [1.29, 1.82) is 0 Å². The molecule has 0 bridgehead atoms. The monoisotopic (exact) mass is 439 g/mol. The highest BCUT2D eigenvalue weighted by Gasteiger charge is 2.41. The minimum absolute atomic E-state index is 0.0981. The summed E-state index contributed by atoms with van der Waals surface area (Å²) in [5.74, 6) is 1.24. The van der Waals surface area contributed by atoms with Crippen molar-refractivity contribution in [3.63, 3.8) is 0 Å². The predicted octanol–water partition coefficient (Wildman–Crippen LogP) is 3.86. The number of carbonyl (C=O) groups excluding carboxylic acids is 1. The largest absolute Gasteiger partial charge is 0.497 e. The van der Waals surface area contributed by atoms with Gasteiger partial charge in [-0.25, -0.2) is 4.39 Å². The molecule has 1 N–H and O–H groups in total. The molecule has 1 saturated heterocycles. The molecule has 6 heteroatoms. The normalized spacial score (nSPS) is 20.6. The molecule has 0 saturated carbocycles. The van der Waals surface area contributed by atoms with Crippen molar-refractivity contribution in [2.45, 2.75) is 39.3 Å². The number of carbonyl (C=O) groups is 1. The second kappa shape index (κ2) is 9.90. The van der Waals surface area contributed by atoms with Gasteiger partial charge in [0, 0.05) is 44.5 Å². The molecule has 0 aromatic heterocycles. The number of hydrogen-bond donors (Lipinski definition) is 1. The van der Waals surface area contributed by atoms with E-state index in [9.17, 15) is 9.18 Å². The van der Waals surface area contributed by atoms with Gasteiger partial charge in [0.05, 0.1) is 19.1 Å². The van der Waals surface area contributed by atoms with Crippen molar-refractivity contribution < 1.29 is 13.9 Å². The molecule has 172 valence electrons. The van der Waals surface area contributed by atoms with E-state index in [1.54, 1.807) is 7.11 Å². The van der Waals surface area contributed by atoms with Crippen LogP contribution in [-0.2, 0) is 17.8 Å². The van der Waals surface area contributed by atoms with Crippen LogP contribution in [-0.4, -0.2) is 50.1 Å². The van der Waals surface area contributed by atoms with Crippen LogP contribution in [0.25, 0.3) is 0 Å². The first-order chi connectivity index (χ1) is 15.4. The van der Waals surface area contributed by atoms with E-state index < -0.39 is 0 Å². The molecule has 2 atom stereocenters. The zero-order valence-corrected chi connectivity index (χ0v) is 19.3. The van der Waals surface area contributed by atoms with Gasteiger partial charge in [-0.15, -0.1) is 0 Å². The number of methoxy groups -OCH3 is 1. The predicted molar refractivity (Wildman–Crippen MR) is 125 cm³/mol. The van der Waals surface area contributed by atoms with Crippen LogP contribution < -0.4 is 15.0 Å². The van der Waals surface area contributed by atoms with E-state index in [0.717, 1.165) is 50.3 Å². The van der Waals surface area contributed by atoms with Crippen molar-refractivity contribution in [3.05, 3.63) is 59.4 Å². The summed E-state index contributed by atoms with van der Waals surface area (Å²) in [5.41, 5.74) is 3.48. The third-order valence-corrected chi connectivity index (χ3v) is 6.69. The van der Waals surface area contributed by atoms with Gasteiger partial charge in [0.2, 0.25) is 5.91 Å². The van der Waals surface area contributed by atoms with Crippen LogP contribution in [0.3, 0.4) is 0 Å². The standard InChI is InChI=1S/C26H34FN3O2/c1-18(2)10-11-28-26(31)23-14-20-6-9-22(32-3)15-24(20)30-13-12-29(17-25(23)30)16-19-4-7-21(27)8-5-19/h4-9,15,18,23,25H,10-14,16-17H2,1-3H3,(H,28,31)/t23-,25+/m1/s1. The highest BCUT2D eigenvalue weighted by molar-refractivity contribution is 5.82. The van der Waals surface area contributed by atoms with E-state index in [4.69, 9.17) is 4.74 Å². The number of fused-ring (bicyclic) bond motifs is 3. The number of halogens is 1. The Morgan fingerprint density at radius 1 is 1.19 bits per heavy atom. The Bertz CT molecular complexity index is 931. The molecule has 32 heavy (non-hydrogen) atoms. The van der Waals surface area contributed by atoms with Crippen LogP contribution in [0.1, 0.15) is 31.4 Å². The minimum Gasteiger partial charge on any atom is -0.497 e. The van der Waals surface area contributed by atoms with Crippen LogP contribution in [0.15, 0.2) is 42.5 Å². The van der Waals surface area contributed by atoms with Crippen molar-refractivity contribution in [2.24, 2.45) is 11.8 Å². The summed E-state index contributed by atoms with van der Waals surface area (Å²) >= 11 is 0. The molecule has 0 unspecified atom stereocenters. The van der Waals surface area contributed by atoms with E-state index in [0.29, 0.717) is 12.5 Å². The van der Waals surface area contributed by atoms with Gasteiger partial charge in [-0.2, -0.15) is 0 Å². The van der Waals surface area contributed by atoms with Crippen LogP contribution in [0.5, 0.6) is 5.75 Å². The second-order valence-electron chi connectivity index (χ2n) is 9.40. The molecule has 1 amide bonds. The Morgan fingerprint density at radius 3 is 2.69 bits per heavy atom. The van der Waals surface area contributed by atoms with Gasteiger partial charge in [-0.1, -0.05) is 32.0 Å². The van der Waals surface area contributed by atoms with Gasteiger partial charge >= 0.3 is 0 Å². The Hall–Kier alpha value is -2.60. The lowest BCUT2D eigenvalue weighted by molar-refractivity contribution is -0.126. The highest BCUT2D eigenvalue weighted by Crippen LogP contribution is 2.38. The average molecular weight is 440 g/mol. The molecule has 2 aliphatic rings. The number of hydrogen-bond acceptors (Lipinski definition) is 4. The lowest BCUT2D eigenvalue weighted by Gasteiger charge is -2.49. The molecule has 0 spiro atoms. The number of nitrogens with zero attached hydrogens (tertiary/aromatic N) is 2. The SMILES string of the molecule is COc1ccc2c(c1)N1CCN(Cc3ccc(F)cc3)C[C@H]1[C@H](C(=O)NCCC(C)C)C2.